The Morgan fingerprint density at radius 3 is 2.66 bits per heavy atom. The summed E-state index contributed by atoms with van der Waals surface area (Å²) in [7, 11) is 0. The van der Waals surface area contributed by atoms with Crippen molar-refractivity contribution < 1.29 is 4.42 Å². The molecule has 4 heterocycles. The van der Waals surface area contributed by atoms with Crippen molar-refractivity contribution in [2.75, 3.05) is 6.54 Å². The summed E-state index contributed by atoms with van der Waals surface area (Å²) < 4.78 is 6.02. The summed E-state index contributed by atoms with van der Waals surface area (Å²) in [4.78, 5) is 26.5. The van der Waals surface area contributed by atoms with E-state index in [1.165, 1.54) is 0 Å². The van der Waals surface area contributed by atoms with E-state index < -0.39 is 0 Å². The third-order valence-electron chi connectivity index (χ3n) is 5.20. The van der Waals surface area contributed by atoms with E-state index in [0.717, 1.165) is 46.9 Å². The molecule has 1 aliphatic rings. The molecule has 1 N–H and O–H groups in total. The number of rotatable bonds is 4. The second kappa shape index (κ2) is 7.48. The third-order valence-corrected chi connectivity index (χ3v) is 5.20. The lowest BCUT2D eigenvalue weighted by Gasteiger charge is -2.26. The summed E-state index contributed by atoms with van der Waals surface area (Å²) in [6.45, 7) is 2.06. The number of aromatic nitrogens is 3. The smallest absolute Gasteiger partial charge is 0.255 e. The van der Waals surface area contributed by atoms with E-state index in [9.17, 15) is 4.79 Å². The normalized spacial score (nSPS) is 13.9. The van der Waals surface area contributed by atoms with Crippen LogP contribution in [0.5, 0.6) is 0 Å². The SMILES string of the molecule is O=c1[nH]c(-c2ccncc2)nc2c1CN(Cc1ccc(-c3ccccc3)o1)CC2. The molecule has 0 amide bonds. The molecule has 1 aliphatic heterocycles. The molecule has 0 aliphatic carbocycles. The molecule has 0 unspecified atom stereocenters. The van der Waals surface area contributed by atoms with Crippen LogP contribution < -0.4 is 5.56 Å². The number of benzene rings is 1. The Bertz CT molecular complexity index is 1180. The third kappa shape index (κ3) is 3.62. The highest BCUT2D eigenvalue weighted by molar-refractivity contribution is 5.57. The van der Waals surface area contributed by atoms with Gasteiger partial charge in [-0.05, 0) is 24.3 Å². The summed E-state index contributed by atoms with van der Waals surface area (Å²) in [6.07, 6.45) is 4.14. The first-order chi connectivity index (χ1) is 14.3. The zero-order valence-electron chi connectivity index (χ0n) is 15.8. The Hall–Kier alpha value is -3.51. The standard InChI is InChI=1S/C23H20N4O2/c28-23-19-15-27(14-18-6-7-21(29-18)16-4-2-1-3-5-16)13-10-20(19)25-22(26-23)17-8-11-24-12-9-17/h1-9,11-12H,10,13-15H2,(H,25,26,28). The molecule has 6 nitrogen and oxygen atoms in total. The molecule has 29 heavy (non-hydrogen) atoms. The summed E-state index contributed by atoms with van der Waals surface area (Å²) in [5, 5.41) is 0. The van der Waals surface area contributed by atoms with Gasteiger partial charge in [0.25, 0.3) is 5.56 Å². The van der Waals surface area contributed by atoms with Crippen molar-refractivity contribution in [1.82, 2.24) is 19.9 Å². The van der Waals surface area contributed by atoms with Crippen molar-refractivity contribution in [1.29, 1.82) is 0 Å². The van der Waals surface area contributed by atoms with E-state index in [1.807, 2.05) is 54.6 Å². The molecule has 0 radical (unpaired) electrons. The molecule has 0 spiro atoms. The number of nitrogens with one attached hydrogen (secondary N) is 1. The summed E-state index contributed by atoms with van der Waals surface area (Å²) in [6, 6.07) is 17.8. The van der Waals surface area contributed by atoms with Gasteiger partial charge < -0.3 is 9.40 Å². The average Bonchev–Trinajstić information content (AvgIpc) is 3.24. The monoisotopic (exact) mass is 384 g/mol. The van der Waals surface area contributed by atoms with Gasteiger partial charge in [0.1, 0.15) is 17.3 Å². The first kappa shape index (κ1) is 17.6. The van der Waals surface area contributed by atoms with E-state index in [0.29, 0.717) is 18.9 Å². The lowest BCUT2D eigenvalue weighted by molar-refractivity contribution is 0.223. The van der Waals surface area contributed by atoms with Crippen molar-refractivity contribution in [3.05, 3.63) is 94.4 Å². The van der Waals surface area contributed by atoms with Crippen LogP contribution in [0.2, 0.25) is 0 Å². The fourth-order valence-electron chi connectivity index (χ4n) is 3.70. The van der Waals surface area contributed by atoms with E-state index in [1.54, 1.807) is 12.4 Å². The van der Waals surface area contributed by atoms with E-state index in [4.69, 9.17) is 9.40 Å². The second-order valence-corrected chi connectivity index (χ2v) is 7.17. The van der Waals surface area contributed by atoms with E-state index >= 15 is 0 Å². The number of pyridine rings is 1. The predicted molar refractivity (Wildman–Crippen MR) is 110 cm³/mol. The minimum atomic E-state index is -0.0732. The molecule has 4 aromatic rings. The van der Waals surface area contributed by atoms with Crippen LogP contribution in [-0.4, -0.2) is 26.4 Å². The fraction of sp³-hybridized carbons (Fsp3) is 0.174. The Kier molecular flexibility index (Phi) is 4.54. The molecular formula is C23H20N4O2. The van der Waals surface area contributed by atoms with Crippen molar-refractivity contribution >= 4 is 0 Å². The van der Waals surface area contributed by atoms with Crippen molar-refractivity contribution in [3.63, 3.8) is 0 Å². The number of H-pyrrole nitrogens is 1. The summed E-state index contributed by atoms with van der Waals surface area (Å²) in [5.41, 5.74) is 3.47. The largest absolute Gasteiger partial charge is 0.460 e. The van der Waals surface area contributed by atoms with Crippen LogP contribution in [0.4, 0.5) is 0 Å². The number of aromatic amines is 1. The Labute approximate surface area is 167 Å². The van der Waals surface area contributed by atoms with Gasteiger partial charge in [0.2, 0.25) is 0 Å². The zero-order chi connectivity index (χ0) is 19.6. The van der Waals surface area contributed by atoms with Crippen LogP contribution in [0.3, 0.4) is 0 Å². The Balaban J connectivity index is 1.34. The highest BCUT2D eigenvalue weighted by Gasteiger charge is 2.22. The highest BCUT2D eigenvalue weighted by atomic mass is 16.3. The number of fused-ring (bicyclic) bond motifs is 1. The van der Waals surface area contributed by atoms with Gasteiger partial charge in [0, 0.05) is 43.0 Å². The molecule has 5 rings (SSSR count). The Morgan fingerprint density at radius 1 is 1.00 bits per heavy atom. The van der Waals surface area contributed by atoms with Crippen molar-refractivity contribution in [2.24, 2.45) is 0 Å². The van der Waals surface area contributed by atoms with Gasteiger partial charge in [-0.1, -0.05) is 30.3 Å². The highest BCUT2D eigenvalue weighted by Crippen LogP contribution is 2.24. The van der Waals surface area contributed by atoms with Gasteiger partial charge in [-0.3, -0.25) is 14.7 Å². The maximum atomic E-state index is 12.7. The molecule has 3 aromatic heterocycles. The topological polar surface area (TPSA) is 75.0 Å². The van der Waals surface area contributed by atoms with Crippen LogP contribution in [0.15, 0.2) is 76.2 Å². The molecule has 0 fully saturated rings. The van der Waals surface area contributed by atoms with Gasteiger partial charge >= 0.3 is 0 Å². The van der Waals surface area contributed by atoms with Gasteiger partial charge in [0.15, 0.2) is 0 Å². The molecule has 6 heteroatoms. The van der Waals surface area contributed by atoms with Crippen LogP contribution >= 0.6 is 0 Å². The number of hydrogen-bond donors (Lipinski definition) is 1. The van der Waals surface area contributed by atoms with Crippen molar-refractivity contribution in [2.45, 2.75) is 19.5 Å². The van der Waals surface area contributed by atoms with Crippen LogP contribution in [0.25, 0.3) is 22.7 Å². The molecule has 144 valence electrons. The minimum absolute atomic E-state index is 0.0732. The summed E-state index contributed by atoms with van der Waals surface area (Å²) in [5.74, 6) is 2.35. The Morgan fingerprint density at radius 2 is 1.83 bits per heavy atom. The summed E-state index contributed by atoms with van der Waals surface area (Å²) >= 11 is 0. The molecule has 0 saturated heterocycles. The predicted octanol–water partition coefficient (Wildman–Crippen LogP) is 3.65. The number of furan rings is 1. The van der Waals surface area contributed by atoms with Crippen molar-refractivity contribution in [3.8, 4) is 22.7 Å². The van der Waals surface area contributed by atoms with Crippen LogP contribution in [0.1, 0.15) is 17.0 Å². The maximum Gasteiger partial charge on any atom is 0.255 e. The fourth-order valence-corrected chi connectivity index (χ4v) is 3.70. The zero-order valence-corrected chi connectivity index (χ0v) is 15.8. The van der Waals surface area contributed by atoms with Gasteiger partial charge in [0.05, 0.1) is 17.8 Å². The first-order valence-corrected chi connectivity index (χ1v) is 9.65. The lowest BCUT2D eigenvalue weighted by atomic mass is 10.1. The maximum absolute atomic E-state index is 12.7. The molecule has 0 bridgehead atoms. The second-order valence-electron chi connectivity index (χ2n) is 7.17. The first-order valence-electron chi connectivity index (χ1n) is 9.65. The molecular weight excluding hydrogens is 364 g/mol. The molecule has 0 atom stereocenters. The van der Waals surface area contributed by atoms with E-state index in [2.05, 4.69) is 14.9 Å². The quantitative estimate of drug-likeness (QED) is 0.581. The van der Waals surface area contributed by atoms with Crippen LogP contribution in [0, 0.1) is 0 Å². The van der Waals surface area contributed by atoms with Gasteiger partial charge in [-0.2, -0.15) is 0 Å². The minimum Gasteiger partial charge on any atom is -0.460 e. The lowest BCUT2D eigenvalue weighted by Crippen LogP contribution is -2.35. The number of nitrogens with zero attached hydrogens (tertiary/aromatic N) is 3. The van der Waals surface area contributed by atoms with E-state index in [-0.39, 0.29) is 5.56 Å². The average molecular weight is 384 g/mol. The molecule has 1 aromatic carbocycles. The van der Waals surface area contributed by atoms with Gasteiger partial charge in [-0.15, -0.1) is 0 Å². The molecule has 0 saturated carbocycles. The number of hydrogen-bond acceptors (Lipinski definition) is 5. The van der Waals surface area contributed by atoms with Crippen LogP contribution in [-0.2, 0) is 19.5 Å². The van der Waals surface area contributed by atoms with Gasteiger partial charge in [-0.25, -0.2) is 4.98 Å².